The number of nitrogens with zero attached hydrogens (tertiary/aromatic N) is 2. The molecule has 5 heteroatoms. The zero-order valence-corrected chi connectivity index (χ0v) is 12.7. The van der Waals surface area contributed by atoms with Gasteiger partial charge < -0.3 is 14.6 Å². The summed E-state index contributed by atoms with van der Waals surface area (Å²) in [6.45, 7) is 6.37. The van der Waals surface area contributed by atoms with Gasteiger partial charge in [-0.15, -0.1) is 0 Å². The van der Waals surface area contributed by atoms with Crippen molar-refractivity contribution in [2.24, 2.45) is 0 Å². The summed E-state index contributed by atoms with van der Waals surface area (Å²) in [4.78, 5) is 10.5. The number of thioether (sulfide) groups is 1. The zero-order valence-electron chi connectivity index (χ0n) is 11.9. The van der Waals surface area contributed by atoms with Crippen LogP contribution in [0.5, 0.6) is 5.75 Å². The van der Waals surface area contributed by atoms with Crippen LogP contribution >= 0.6 is 11.8 Å². The summed E-state index contributed by atoms with van der Waals surface area (Å²) < 4.78 is 5.51. The summed E-state index contributed by atoms with van der Waals surface area (Å²) in [6.07, 6.45) is 2.71. The molecule has 0 amide bonds. The van der Waals surface area contributed by atoms with E-state index >= 15 is 0 Å². The number of likely N-dealkylation sites (tertiary alicyclic amines) is 1. The van der Waals surface area contributed by atoms with Crippen molar-refractivity contribution in [2.75, 3.05) is 32.0 Å². The van der Waals surface area contributed by atoms with Crippen LogP contribution in [0.4, 0.5) is 0 Å². The van der Waals surface area contributed by atoms with Gasteiger partial charge in [0.05, 0.1) is 17.6 Å². The summed E-state index contributed by atoms with van der Waals surface area (Å²) in [5, 5.41) is 1.01. The van der Waals surface area contributed by atoms with Crippen molar-refractivity contribution in [2.45, 2.75) is 24.9 Å². The van der Waals surface area contributed by atoms with Crippen molar-refractivity contribution in [1.82, 2.24) is 14.9 Å². The van der Waals surface area contributed by atoms with E-state index in [4.69, 9.17) is 4.74 Å². The van der Waals surface area contributed by atoms with Crippen LogP contribution in [0.2, 0.25) is 0 Å². The Balaban J connectivity index is 1.60. The second-order valence-electron chi connectivity index (χ2n) is 5.05. The van der Waals surface area contributed by atoms with E-state index in [1.54, 1.807) is 11.8 Å². The van der Waals surface area contributed by atoms with Gasteiger partial charge in [0.1, 0.15) is 5.75 Å². The molecule has 0 radical (unpaired) electrons. The Kier molecular flexibility index (Phi) is 4.47. The van der Waals surface area contributed by atoms with E-state index in [1.165, 1.54) is 25.9 Å². The van der Waals surface area contributed by atoms with E-state index in [1.807, 2.05) is 25.1 Å². The lowest BCUT2D eigenvalue weighted by Gasteiger charge is -2.12. The fourth-order valence-corrected chi connectivity index (χ4v) is 3.46. The largest absolute Gasteiger partial charge is 0.494 e. The van der Waals surface area contributed by atoms with Gasteiger partial charge in [0.2, 0.25) is 0 Å². The van der Waals surface area contributed by atoms with E-state index in [9.17, 15) is 0 Å². The maximum absolute atomic E-state index is 5.51. The highest BCUT2D eigenvalue weighted by Crippen LogP contribution is 2.23. The first-order chi connectivity index (χ1) is 9.85. The Labute approximate surface area is 123 Å². The van der Waals surface area contributed by atoms with E-state index in [-0.39, 0.29) is 0 Å². The van der Waals surface area contributed by atoms with E-state index < -0.39 is 0 Å². The van der Waals surface area contributed by atoms with Gasteiger partial charge in [-0.25, -0.2) is 4.98 Å². The molecule has 1 fully saturated rings. The molecule has 1 aliphatic heterocycles. The number of aromatic nitrogens is 2. The molecule has 4 nitrogen and oxygen atoms in total. The first-order valence-corrected chi connectivity index (χ1v) is 8.31. The molecule has 0 bridgehead atoms. The minimum atomic E-state index is 0.692. The first kappa shape index (κ1) is 13.8. The minimum Gasteiger partial charge on any atom is -0.494 e. The van der Waals surface area contributed by atoms with Gasteiger partial charge >= 0.3 is 0 Å². The van der Waals surface area contributed by atoms with Gasteiger partial charge in [0, 0.05) is 18.4 Å². The minimum absolute atomic E-state index is 0.692. The normalized spacial score (nSPS) is 16.1. The van der Waals surface area contributed by atoms with Crippen LogP contribution in [0.25, 0.3) is 11.0 Å². The Hall–Kier alpha value is -1.20. The molecule has 1 aromatic heterocycles. The maximum Gasteiger partial charge on any atom is 0.166 e. The number of benzene rings is 1. The molecule has 0 aliphatic carbocycles. The van der Waals surface area contributed by atoms with Gasteiger partial charge in [-0.3, -0.25) is 0 Å². The third kappa shape index (κ3) is 3.27. The molecule has 0 unspecified atom stereocenters. The van der Waals surface area contributed by atoms with Crippen LogP contribution in [0.3, 0.4) is 0 Å². The summed E-state index contributed by atoms with van der Waals surface area (Å²) in [5.74, 6) is 2.00. The number of aromatic amines is 1. The van der Waals surface area contributed by atoms with Crippen molar-refractivity contribution in [3.8, 4) is 5.75 Å². The average Bonchev–Trinajstić information content (AvgIpc) is 3.07. The smallest absolute Gasteiger partial charge is 0.166 e. The average molecular weight is 291 g/mol. The number of nitrogens with one attached hydrogen (secondary N) is 1. The molecule has 2 aromatic rings. The standard InChI is InChI=1S/C15H21N3OS/c1-2-19-12-5-6-13-14(11-12)17-15(16-13)20-10-9-18-7-3-4-8-18/h5-6,11H,2-4,7-10H2,1H3,(H,16,17). The molecule has 1 aromatic carbocycles. The summed E-state index contributed by atoms with van der Waals surface area (Å²) in [6, 6.07) is 6.02. The number of hydrogen-bond acceptors (Lipinski definition) is 4. The van der Waals surface area contributed by atoms with Crippen molar-refractivity contribution < 1.29 is 4.74 Å². The molecule has 1 N–H and O–H groups in total. The Bertz CT molecular complexity index is 563. The second kappa shape index (κ2) is 6.50. The van der Waals surface area contributed by atoms with Crippen LogP contribution in [0.15, 0.2) is 23.4 Å². The summed E-state index contributed by atoms with van der Waals surface area (Å²) in [7, 11) is 0. The molecule has 3 rings (SSSR count). The fraction of sp³-hybridized carbons (Fsp3) is 0.533. The highest BCUT2D eigenvalue weighted by Gasteiger charge is 2.11. The Morgan fingerprint density at radius 2 is 2.20 bits per heavy atom. The molecule has 1 saturated heterocycles. The first-order valence-electron chi connectivity index (χ1n) is 7.33. The predicted octanol–water partition coefficient (Wildman–Crippen LogP) is 3.15. The molecule has 20 heavy (non-hydrogen) atoms. The lowest BCUT2D eigenvalue weighted by atomic mass is 10.3. The molecule has 0 saturated carbocycles. The summed E-state index contributed by atoms with van der Waals surface area (Å²) >= 11 is 1.80. The molecule has 1 aliphatic rings. The van der Waals surface area contributed by atoms with E-state index in [0.717, 1.165) is 34.2 Å². The predicted molar refractivity (Wildman–Crippen MR) is 83.7 cm³/mol. The third-order valence-electron chi connectivity index (χ3n) is 3.59. The van der Waals surface area contributed by atoms with Gasteiger partial charge in [0.15, 0.2) is 5.16 Å². The van der Waals surface area contributed by atoms with Crippen LogP contribution in [-0.4, -0.2) is 46.9 Å². The second-order valence-corrected chi connectivity index (χ2v) is 6.13. The molecule has 2 heterocycles. The van der Waals surface area contributed by atoms with Crippen molar-refractivity contribution in [3.05, 3.63) is 18.2 Å². The fourth-order valence-electron chi connectivity index (χ4n) is 2.57. The molecular weight excluding hydrogens is 270 g/mol. The van der Waals surface area contributed by atoms with Crippen LogP contribution < -0.4 is 4.74 Å². The molecule has 0 atom stereocenters. The molecule has 108 valence electrons. The van der Waals surface area contributed by atoms with Gasteiger partial charge in [-0.2, -0.15) is 0 Å². The van der Waals surface area contributed by atoms with E-state index in [0.29, 0.717) is 6.61 Å². The highest BCUT2D eigenvalue weighted by atomic mass is 32.2. The number of fused-ring (bicyclic) bond motifs is 1. The van der Waals surface area contributed by atoms with Crippen molar-refractivity contribution >= 4 is 22.8 Å². The number of imidazole rings is 1. The van der Waals surface area contributed by atoms with E-state index in [2.05, 4.69) is 14.9 Å². The quantitative estimate of drug-likeness (QED) is 0.830. The lowest BCUT2D eigenvalue weighted by molar-refractivity contribution is 0.340. The maximum atomic E-state index is 5.51. The van der Waals surface area contributed by atoms with Gasteiger partial charge in [0.25, 0.3) is 0 Å². The van der Waals surface area contributed by atoms with Crippen LogP contribution in [0, 0.1) is 0 Å². The lowest BCUT2D eigenvalue weighted by Crippen LogP contribution is -2.21. The zero-order chi connectivity index (χ0) is 13.8. The number of H-pyrrole nitrogens is 1. The molecule has 0 spiro atoms. The molecular formula is C15H21N3OS. The number of rotatable bonds is 6. The van der Waals surface area contributed by atoms with Crippen molar-refractivity contribution in [3.63, 3.8) is 0 Å². The highest BCUT2D eigenvalue weighted by molar-refractivity contribution is 7.99. The van der Waals surface area contributed by atoms with Crippen LogP contribution in [-0.2, 0) is 0 Å². The summed E-state index contributed by atoms with van der Waals surface area (Å²) in [5.41, 5.74) is 2.07. The third-order valence-corrected chi connectivity index (χ3v) is 4.44. The monoisotopic (exact) mass is 291 g/mol. The number of hydrogen-bond donors (Lipinski definition) is 1. The SMILES string of the molecule is CCOc1ccc2nc(SCCN3CCCC3)[nH]c2c1. The number of ether oxygens (including phenoxy) is 1. The van der Waals surface area contributed by atoms with Crippen molar-refractivity contribution in [1.29, 1.82) is 0 Å². The topological polar surface area (TPSA) is 41.1 Å². The van der Waals surface area contributed by atoms with Crippen LogP contribution in [0.1, 0.15) is 19.8 Å². The Morgan fingerprint density at radius 3 is 3.00 bits per heavy atom. The Morgan fingerprint density at radius 1 is 1.35 bits per heavy atom. The van der Waals surface area contributed by atoms with Gasteiger partial charge in [-0.1, -0.05) is 11.8 Å². The van der Waals surface area contributed by atoms with Gasteiger partial charge in [-0.05, 0) is 45.0 Å².